The van der Waals surface area contributed by atoms with Gasteiger partial charge in [0, 0.05) is 59.8 Å². The predicted molar refractivity (Wildman–Crippen MR) is 167 cm³/mol. The third-order valence-corrected chi connectivity index (χ3v) is 8.40. The van der Waals surface area contributed by atoms with E-state index in [0.717, 1.165) is 85.5 Å². The molecule has 0 radical (unpaired) electrons. The first-order chi connectivity index (χ1) is 20.4. The van der Waals surface area contributed by atoms with Gasteiger partial charge in [-0.1, -0.05) is 48.5 Å². The van der Waals surface area contributed by atoms with Crippen molar-refractivity contribution in [2.45, 2.75) is 25.7 Å². The van der Waals surface area contributed by atoms with Gasteiger partial charge in [0.1, 0.15) is 0 Å². The van der Waals surface area contributed by atoms with E-state index in [9.17, 15) is 14.4 Å². The van der Waals surface area contributed by atoms with Crippen molar-refractivity contribution < 1.29 is 14.4 Å². The third kappa shape index (κ3) is 5.38. The van der Waals surface area contributed by atoms with Crippen LogP contribution in [0.2, 0.25) is 0 Å². The topological polar surface area (TPSA) is 110 Å². The Morgan fingerprint density at radius 1 is 0.500 bits per heavy atom. The van der Waals surface area contributed by atoms with Crippen molar-refractivity contribution in [3.63, 3.8) is 0 Å². The zero-order valence-electron chi connectivity index (χ0n) is 23.5. The van der Waals surface area contributed by atoms with Crippen LogP contribution in [-0.2, 0) is 0 Å². The zero-order chi connectivity index (χ0) is 29.2. The van der Waals surface area contributed by atoms with E-state index in [4.69, 9.17) is 11.5 Å². The zero-order valence-corrected chi connectivity index (χ0v) is 23.5. The number of benzene rings is 4. The summed E-state index contributed by atoms with van der Waals surface area (Å²) in [5.41, 5.74) is 18.7. The first-order valence-corrected chi connectivity index (χ1v) is 14.5. The molecule has 0 bridgehead atoms. The molecule has 2 saturated heterocycles. The van der Waals surface area contributed by atoms with Crippen molar-refractivity contribution in [2.75, 3.05) is 36.0 Å². The molecule has 2 aliphatic heterocycles. The highest BCUT2D eigenvalue weighted by Gasteiger charge is 2.19. The number of ketones is 1. The third-order valence-electron chi connectivity index (χ3n) is 8.40. The Morgan fingerprint density at radius 3 is 1.19 bits per heavy atom. The van der Waals surface area contributed by atoms with Gasteiger partial charge in [-0.25, -0.2) is 0 Å². The van der Waals surface area contributed by atoms with Gasteiger partial charge in [0.2, 0.25) is 11.8 Å². The fourth-order valence-electron chi connectivity index (χ4n) is 6.08. The van der Waals surface area contributed by atoms with Gasteiger partial charge in [0.05, 0.1) is 0 Å². The SMILES string of the molecule is NC(=O)c1ccc(N2CCCC2)cc1-c1ccc(C(=O)c2ccc(-c3cc(N4CCCC4)ccc3C(N)=O)cc2)cc1. The van der Waals surface area contributed by atoms with Gasteiger partial charge in [-0.15, -0.1) is 0 Å². The number of hydrogen-bond acceptors (Lipinski definition) is 5. The summed E-state index contributed by atoms with van der Waals surface area (Å²) in [7, 11) is 0. The summed E-state index contributed by atoms with van der Waals surface area (Å²) in [6.07, 6.45) is 4.62. The Kier molecular flexibility index (Phi) is 7.48. The maximum absolute atomic E-state index is 13.4. The molecule has 2 amide bonds. The van der Waals surface area contributed by atoms with E-state index in [1.165, 1.54) is 0 Å². The molecule has 4 N–H and O–H groups in total. The molecule has 42 heavy (non-hydrogen) atoms. The monoisotopic (exact) mass is 558 g/mol. The molecule has 2 heterocycles. The number of carbonyl (C=O) groups excluding carboxylic acids is 3. The van der Waals surface area contributed by atoms with Crippen LogP contribution < -0.4 is 21.3 Å². The Labute approximate surface area is 245 Å². The molecule has 2 aliphatic rings. The van der Waals surface area contributed by atoms with E-state index in [1.807, 2.05) is 48.5 Å². The first kappa shape index (κ1) is 27.3. The quantitative estimate of drug-likeness (QED) is 0.272. The minimum atomic E-state index is -0.483. The molecule has 0 aromatic heterocycles. The number of nitrogens with two attached hydrogens (primary N) is 2. The second-order valence-corrected chi connectivity index (χ2v) is 11.1. The van der Waals surface area contributed by atoms with Crippen molar-refractivity contribution >= 4 is 29.0 Å². The van der Waals surface area contributed by atoms with Crippen molar-refractivity contribution in [3.8, 4) is 22.3 Å². The van der Waals surface area contributed by atoms with Gasteiger partial charge in [0.25, 0.3) is 0 Å². The molecule has 0 saturated carbocycles. The minimum absolute atomic E-state index is 0.116. The molecule has 0 aliphatic carbocycles. The van der Waals surface area contributed by atoms with E-state index in [2.05, 4.69) is 9.80 Å². The van der Waals surface area contributed by atoms with E-state index in [-0.39, 0.29) is 5.78 Å². The molecule has 0 spiro atoms. The van der Waals surface area contributed by atoms with Crippen molar-refractivity contribution in [2.24, 2.45) is 11.5 Å². The number of anilines is 2. The summed E-state index contributed by atoms with van der Waals surface area (Å²) >= 11 is 0. The van der Waals surface area contributed by atoms with Crippen molar-refractivity contribution in [3.05, 3.63) is 107 Å². The van der Waals surface area contributed by atoms with E-state index in [1.54, 1.807) is 36.4 Å². The lowest BCUT2D eigenvalue weighted by molar-refractivity contribution is 0.0992. The molecule has 7 nitrogen and oxygen atoms in total. The molecular weight excluding hydrogens is 524 g/mol. The predicted octanol–water partition coefficient (Wildman–Crippen LogP) is 5.65. The second-order valence-electron chi connectivity index (χ2n) is 11.1. The molecule has 4 aromatic rings. The van der Waals surface area contributed by atoms with Gasteiger partial charge in [-0.2, -0.15) is 0 Å². The van der Waals surface area contributed by atoms with Crippen LogP contribution in [0.4, 0.5) is 11.4 Å². The highest BCUT2D eigenvalue weighted by atomic mass is 16.1. The average Bonchev–Trinajstić information content (AvgIpc) is 3.76. The number of amides is 2. The maximum Gasteiger partial charge on any atom is 0.249 e. The second kappa shape index (κ2) is 11.5. The number of rotatable bonds is 8. The Morgan fingerprint density at radius 2 is 0.857 bits per heavy atom. The van der Waals surface area contributed by atoms with Crippen LogP contribution in [0.5, 0.6) is 0 Å². The molecule has 0 unspecified atom stereocenters. The Hall–Kier alpha value is -4.91. The molecule has 6 rings (SSSR count). The number of carbonyl (C=O) groups is 3. The fraction of sp³-hybridized carbons (Fsp3) is 0.229. The van der Waals surface area contributed by atoms with Crippen LogP contribution in [-0.4, -0.2) is 43.8 Å². The van der Waals surface area contributed by atoms with Crippen molar-refractivity contribution in [1.82, 2.24) is 0 Å². The van der Waals surface area contributed by atoms with Gasteiger partial charge in [-0.3, -0.25) is 14.4 Å². The highest BCUT2D eigenvalue weighted by molar-refractivity contribution is 6.10. The normalized spacial score (nSPS) is 14.8. The molecule has 2 fully saturated rings. The average molecular weight is 559 g/mol. The number of primary amides is 2. The van der Waals surface area contributed by atoms with E-state index < -0.39 is 11.8 Å². The van der Waals surface area contributed by atoms with Crippen LogP contribution >= 0.6 is 0 Å². The summed E-state index contributed by atoms with van der Waals surface area (Å²) in [6, 6.07) is 26.1. The lowest BCUT2D eigenvalue weighted by Crippen LogP contribution is -2.19. The molecule has 7 heteroatoms. The maximum atomic E-state index is 13.4. The summed E-state index contributed by atoms with van der Waals surface area (Å²) in [5, 5.41) is 0. The summed E-state index contributed by atoms with van der Waals surface area (Å²) in [6.45, 7) is 3.98. The molecular formula is C35H34N4O3. The van der Waals surface area contributed by atoms with Gasteiger partial charge < -0.3 is 21.3 Å². The molecule has 212 valence electrons. The summed E-state index contributed by atoms with van der Waals surface area (Å²) in [5.74, 6) is -1.08. The highest BCUT2D eigenvalue weighted by Crippen LogP contribution is 2.32. The lowest BCUT2D eigenvalue weighted by Gasteiger charge is -2.20. The van der Waals surface area contributed by atoms with Crippen LogP contribution in [0, 0.1) is 0 Å². The standard InChI is InChI=1S/C35H34N4O3/c36-34(41)29-15-13-27(38-17-1-2-18-38)21-31(29)23-5-9-25(10-6-23)33(40)26-11-7-24(8-12-26)32-22-28(39-19-3-4-20-39)14-16-30(32)35(37)42/h5-16,21-22H,1-4,17-20H2,(H2,36,41)(H2,37,42). The van der Waals surface area contributed by atoms with Gasteiger partial charge >= 0.3 is 0 Å². The molecule has 0 atom stereocenters. The summed E-state index contributed by atoms with van der Waals surface area (Å²) < 4.78 is 0. The number of hydrogen-bond donors (Lipinski definition) is 2. The molecule has 4 aromatic carbocycles. The number of nitrogens with zero attached hydrogens (tertiary/aromatic N) is 2. The lowest BCUT2D eigenvalue weighted by atomic mass is 9.94. The smallest absolute Gasteiger partial charge is 0.249 e. The minimum Gasteiger partial charge on any atom is -0.372 e. The van der Waals surface area contributed by atoms with Crippen LogP contribution in [0.25, 0.3) is 22.3 Å². The van der Waals surface area contributed by atoms with E-state index in [0.29, 0.717) is 22.3 Å². The largest absolute Gasteiger partial charge is 0.372 e. The fourth-order valence-corrected chi connectivity index (χ4v) is 6.08. The Balaban J connectivity index is 1.25. The van der Waals surface area contributed by atoms with Crippen LogP contribution in [0.3, 0.4) is 0 Å². The van der Waals surface area contributed by atoms with Crippen LogP contribution in [0.15, 0.2) is 84.9 Å². The van der Waals surface area contributed by atoms with Gasteiger partial charge in [0.15, 0.2) is 5.78 Å². The van der Waals surface area contributed by atoms with Gasteiger partial charge in [-0.05, 0) is 84.3 Å². The summed E-state index contributed by atoms with van der Waals surface area (Å²) in [4.78, 5) is 42.4. The van der Waals surface area contributed by atoms with Crippen LogP contribution in [0.1, 0.15) is 62.3 Å². The van der Waals surface area contributed by atoms with E-state index >= 15 is 0 Å². The Bertz CT molecular complexity index is 1530. The first-order valence-electron chi connectivity index (χ1n) is 14.5. The van der Waals surface area contributed by atoms with Crippen molar-refractivity contribution in [1.29, 1.82) is 0 Å².